The van der Waals surface area contributed by atoms with E-state index in [4.69, 9.17) is 0 Å². The normalized spacial score (nSPS) is 25.3. The van der Waals surface area contributed by atoms with E-state index in [9.17, 15) is 0 Å². The highest BCUT2D eigenvalue weighted by Gasteiger charge is 2.46. The van der Waals surface area contributed by atoms with E-state index in [0.717, 1.165) is 0 Å². The summed E-state index contributed by atoms with van der Waals surface area (Å²) in [4.78, 5) is 5.87. The van der Waals surface area contributed by atoms with Crippen molar-refractivity contribution >= 4 is 11.3 Å². The lowest BCUT2D eigenvalue weighted by atomic mass is 10.1. The van der Waals surface area contributed by atoms with E-state index in [-0.39, 0.29) is 0 Å². The number of aromatic nitrogens is 1. The zero-order valence-corrected chi connectivity index (χ0v) is 11.0. The third kappa shape index (κ3) is 2.23. The fraction of sp³-hybridized carbons (Fsp3) is 0.750. The number of hydrogen-bond donors (Lipinski definition) is 1. The third-order valence-electron chi connectivity index (χ3n) is 3.30. The predicted octanol–water partition coefficient (Wildman–Crippen LogP) is 3.21. The molecule has 1 N–H and O–H groups in total. The van der Waals surface area contributed by atoms with Crippen LogP contribution in [0.5, 0.6) is 0 Å². The van der Waals surface area contributed by atoms with E-state index >= 15 is 0 Å². The average molecular weight is 224 g/mol. The van der Waals surface area contributed by atoms with Crippen LogP contribution in [-0.4, -0.2) is 11.0 Å². The van der Waals surface area contributed by atoms with Crippen LogP contribution < -0.4 is 5.32 Å². The van der Waals surface area contributed by atoms with Crippen LogP contribution in [0.1, 0.15) is 48.8 Å². The molecule has 0 saturated heterocycles. The van der Waals surface area contributed by atoms with Gasteiger partial charge in [0.15, 0.2) is 0 Å². The molecule has 1 heterocycles. The summed E-state index contributed by atoms with van der Waals surface area (Å²) in [7, 11) is 0. The van der Waals surface area contributed by atoms with Crippen molar-refractivity contribution in [2.45, 2.75) is 53.1 Å². The molecule has 1 fully saturated rings. The van der Waals surface area contributed by atoms with Crippen LogP contribution in [0.25, 0.3) is 0 Å². The van der Waals surface area contributed by atoms with Gasteiger partial charge in [0.25, 0.3) is 0 Å². The van der Waals surface area contributed by atoms with Gasteiger partial charge in [-0.2, -0.15) is 0 Å². The van der Waals surface area contributed by atoms with Crippen molar-refractivity contribution in [3.63, 3.8) is 0 Å². The zero-order chi connectivity index (χ0) is 11.2. The van der Waals surface area contributed by atoms with Crippen LogP contribution in [0.15, 0.2) is 0 Å². The Morgan fingerprint density at radius 3 is 2.47 bits per heavy atom. The molecule has 1 aliphatic rings. The maximum atomic E-state index is 4.47. The Morgan fingerprint density at radius 2 is 2.07 bits per heavy atom. The molecule has 1 aliphatic carbocycles. The van der Waals surface area contributed by atoms with Gasteiger partial charge in [-0.15, -0.1) is 11.3 Å². The fourth-order valence-corrected chi connectivity index (χ4v) is 3.02. The van der Waals surface area contributed by atoms with Crippen LogP contribution in [-0.2, 0) is 0 Å². The molecule has 0 aliphatic heterocycles. The van der Waals surface area contributed by atoms with Gasteiger partial charge in [-0.25, -0.2) is 4.98 Å². The van der Waals surface area contributed by atoms with E-state index in [1.807, 2.05) is 11.3 Å². The Hall–Kier alpha value is -0.410. The first-order chi connectivity index (χ1) is 6.90. The van der Waals surface area contributed by atoms with E-state index in [2.05, 4.69) is 44.9 Å². The van der Waals surface area contributed by atoms with E-state index in [1.165, 1.54) is 22.0 Å². The number of aryl methyl sites for hydroxylation is 2. The molecule has 15 heavy (non-hydrogen) atoms. The molecule has 0 radical (unpaired) electrons. The van der Waals surface area contributed by atoms with Crippen LogP contribution in [0.3, 0.4) is 0 Å². The number of nitrogens with zero attached hydrogens (tertiary/aromatic N) is 1. The van der Waals surface area contributed by atoms with Crippen molar-refractivity contribution in [1.29, 1.82) is 0 Å². The summed E-state index contributed by atoms with van der Waals surface area (Å²) in [6.07, 6.45) is 1.30. The summed E-state index contributed by atoms with van der Waals surface area (Å²) >= 11 is 1.82. The summed E-state index contributed by atoms with van der Waals surface area (Å²) in [6.45, 7) is 11.1. The van der Waals surface area contributed by atoms with Crippen LogP contribution >= 0.6 is 11.3 Å². The fourth-order valence-electron chi connectivity index (χ4n) is 2.08. The second-order valence-corrected chi connectivity index (χ2v) is 6.55. The standard InChI is InChI=1S/C12H20N2S/c1-7-11(15-9(3)13-7)8(2)14-10-6-12(10,4)5/h8,10,14H,6H2,1-5H3. The first-order valence-corrected chi connectivity index (χ1v) is 6.42. The highest BCUT2D eigenvalue weighted by atomic mass is 32.1. The minimum atomic E-state index is 0.447. The van der Waals surface area contributed by atoms with Crippen molar-refractivity contribution in [2.75, 3.05) is 0 Å². The van der Waals surface area contributed by atoms with Crippen molar-refractivity contribution in [1.82, 2.24) is 10.3 Å². The predicted molar refractivity (Wildman–Crippen MR) is 65.3 cm³/mol. The van der Waals surface area contributed by atoms with Gasteiger partial charge in [-0.3, -0.25) is 0 Å². The minimum absolute atomic E-state index is 0.447. The van der Waals surface area contributed by atoms with E-state index in [0.29, 0.717) is 17.5 Å². The summed E-state index contributed by atoms with van der Waals surface area (Å²) in [5.74, 6) is 0. The largest absolute Gasteiger partial charge is 0.306 e. The van der Waals surface area contributed by atoms with Gasteiger partial charge in [0.2, 0.25) is 0 Å². The zero-order valence-electron chi connectivity index (χ0n) is 10.2. The summed E-state index contributed by atoms with van der Waals surface area (Å²) < 4.78 is 0. The maximum absolute atomic E-state index is 4.47. The molecular formula is C12H20N2S. The van der Waals surface area contributed by atoms with Gasteiger partial charge in [0.05, 0.1) is 10.7 Å². The Morgan fingerprint density at radius 1 is 1.47 bits per heavy atom. The second-order valence-electron chi connectivity index (χ2n) is 5.32. The summed E-state index contributed by atoms with van der Waals surface area (Å²) in [5, 5.41) is 4.86. The molecule has 84 valence electrons. The molecule has 1 aromatic heterocycles. The van der Waals surface area contributed by atoms with Gasteiger partial charge < -0.3 is 5.32 Å². The number of nitrogens with one attached hydrogen (secondary N) is 1. The number of hydrogen-bond acceptors (Lipinski definition) is 3. The maximum Gasteiger partial charge on any atom is 0.0900 e. The van der Waals surface area contributed by atoms with Crippen molar-refractivity contribution in [2.24, 2.45) is 5.41 Å². The summed E-state index contributed by atoms with van der Waals surface area (Å²) in [6, 6.07) is 1.14. The lowest BCUT2D eigenvalue weighted by Crippen LogP contribution is -2.24. The molecule has 2 unspecified atom stereocenters. The van der Waals surface area contributed by atoms with Crippen LogP contribution in [0, 0.1) is 19.3 Å². The molecule has 0 aromatic carbocycles. The number of thiazole rings is 1. The molecule has 0 bridgehead atoms. The molecule has 0 amide bonds. The van der Waals surface area contributed by atoms with Gasteiger partial charge in [-0.05, 0) is 32.6 Å². The molecule has 3 heteroatoms. The molecule has 2 atom stereocenters. The lowest BCUT2D eigenvalue weighted by Gasteiger charge is -2.14. The highest BCUT2D eigenvalue weighted by molar-refractivity contribution is 7.11. The van der Waals surface area contributed by atoms with Gasteiger partial charge in [0, 0.05) is 17.0 Å². The van der Waals surface area contributed by atoms with Crippen LogP contribution in [0.2, 0.25) is 0 Å². The van der Waals surface area contributed by atoms with Gasteiger partial charge >= 0.3 is 0 Å². The smallest absolute Gasteiger partial charge is 0.0900 e. The molecule has 2 rings (SSSR count). The highest BCUT2D eigenvalue weighted by Crippen LogP contribution is 2.46. The third-order valence-corrected chi connectivity index (χ3v) is 4.55. The van der Waals surface area contributed by atoms with Crippen molar-refractivity contribution < 1.29 is 0 Å². The second kappa shape index (κ2) is 3.56. The first kappa shape index (κ1) is 11.1. The molecule has 0 spiro atoms. The van der Waals surface area contributed by atoms with Gasteiger partial charge in [0.1, 0.15) is 0 Å². The first-order valence-electron chi connectivity index (χ1n) is 5.60. The van der Waals surface area contributed by atoms with Crippen LogP contribution in [0.4, 0.5) is 0 Å². The SMILES string of the molecule is Cc1nc(C)c(C(C)NC2CC2(C)C)s1. The minimum Gasteiger partial charge on any atom is -0.306 e. The van der Waals surface area contributed by atoms with Crippen molar-refractivity contribution in [3.05, 3.63) is 15.6 Å². The average Bonchev–Trinajstić information content (AvgIpc) is 2.53. The summed E-state index contributed by atoms with van der Waals surface area (Å²) in [5.41, 5.74) is 1.69. The monoisotopic (exact) mass is 224 g/mol. The molecular weight excluding hydrogens is 204 g/mol. The number of rotatable bonds is 3. The Bertz CT molecular complexity index is 368. The Balaban J connectivity index is 2.02. The Kier molecular flexibility index (Phi) is 2.63. The van der Waals surface area contributed by atoms with Crippen molar-refractivity contribution in [3.8, 4) is 0 Å². The van der Waals surface area contributed by atoms with E-state index < -0.39 is 0 Å². The molecule has 1 saturated carbocycles. The Labute approximate surface area is 96.1 Å². The van der Waals surface area contributed by atoms with Gasteiger partial charge in [-0.1, -0.05) is 13.8 Å². The lowest BCUT2D eigenvalue weighted by molar-refractivity contribution is 0.494. The molecule has 2 nitrogen and oxygen atoms in total. The molecule has 1 aromatic rings. The quantitative estimate of drug-likeness (QED) is 0.853. The topological polar surface area (TPSA) is 24.9 Å². The van der Waals surface area contributed by atoms with E-state index in [1.54, 1.807) is 0 Å².